The fourth-order valence-electron chi connectivity index (χ4n) is 2.90. The van der Waals surface area contributed by atoms with Crippen molar-refractivity contribution in [3.8, 4) is 0 Å². The summed E-state index contributed by atoms with van der Waals surface area (Å²) in [5.41, 5.74) is 1.72. The van der Waals surface area contributed by atoms with Gasteiger partial charge < -0.3 is 0 Å². The van der Waals surface area contributed by atoms with Gasteiger partial charge in [0, 0.05) is 25.7 Å². The van der Waals surface area contributed by atoms with E-state index in [9.17, 15) is 0 Å². The Bertz CT molecular complexity index is 218. The summed E-state index contributed by atoms with van der Waals surface area (Å²) in [6, 6.07) is 0. The van der Waals surface area contributed by atoms with E-state index in [0.29, 0.717) is 0 Å². The zero-order valence-corrected chi connectivity index (χ0v) is 12.1. The van der Waals surface area contributed by atoms with Crippen LogP contribution >= 0.6 is 0 Å². The van der Waals surface area contributed by atoms with Crippen LogP contribution in [0.2, 0.25) is 0 Å². The molecule has 1 heteroatoms. The minimum absolute atomic E-state index is 1.27. The minimum atomic E-state index is 1.27. The van der Waals surface area contributed by atoms with Crippen LogP contribution in [-0.2, 0) is 0 Å². The molecule has 1 heterocycles. The van der Waals surface area contributed by atoms with Crippen LogP contribution in [0.1, 0.15) is 84.5 Å². The van der Waals surface area contributed by atoms with Crippen molar-refractivity contribution < 1.29 is 4.58 Å². The Morgan fingerprint density at radius 2 is 1.53 bits per heavy atom. The average Bonchev–Trinajstić information content (AvgIpc) is 2.80. The molecule has 0 aromatic rings. The zero-order chi connectivity index (χ0) is 12.3. The van der Waals surface area contributed by atoms with E-state index in [2.05, 4.69) is 18.4 Å². The van der Waals surface area contributed by atoms with Crippen LogP contribution < -0.4 is 0 Å². The largest absolute Gasteiger partial charge is 0.237 e. The van der Waals surface area contributed by atoms with Crippen LogP contribution in [0, 0.1) is 0 Å². The van der Waals surface area contributed by atoms with Crippen LogP contribution in [0.15, 0.2) is 0 Å². The van der Waals surface area contributed by atoms with Crippen molar-refractivity contribution in [2.45, 2.75) is 84.5 Å². The normalized spacial score (nSPS) is 15.9. The molecule has 1 nitrogen and oxygen atoms in total. The maximum Gasteiger partial charge on any atom is 0.152 e. The first-order valence-corrected chi connectivity index (χ1v) is 7.98. The van der Waals surface area contributed by atoms with E-state index in [-0.39, 0.29) is 0 Å². The number of rotatable bonds is 10. The maximum absolute atomic E-state index is 2.65. The fourth-order valence-corrected chi connectivity index (χ4v) is 2.90. The fraction of sp³-hybridized carbons (Fsp3) is 0.938. The molecule has 0 N–H and O–H groups in total. The second-order valence-electron chi connectivity index (χ2n) is 5.49. The molecule has 0 amide bonds. The maximum atomic E-state index is 2.65. The molecule has 0 spiro atoms. The summed E-state index contributed by atoms with van der Waals surface area (Å²) in [5.74, 6) is 0. The van der Waals surface area contributed by atoms with Crippen LogP contribution in [0.5, 0.6) is 0 Å². The third-order valence-corrected chi connectivity index (χ3v) is 4.03. The Hall–Kier alpha value is -0.330. The van der Waals surface area contributed by atoms with Crippen LogP contribution in [0.3, 0.4) is 0 Å². The molecule has 0 aromatic carbocycles. The van der Waals surface area contributed by atoms with Gasteiger partial charge in [0.25, 0.3) is 0 Å². The van der Waals surface area contributed by atoms with Gasteiger partial charge in [-0.15, -0.1) is 0 Å². The predicted octanol–water partition coefficient (Wildman–Crippen LogP) is 4.78. The molecule has 0 bridgehead atoms. The molecule has 1 aliphatic heterocycles. The third kappa shape index (κ3) is 6.24. The van der Waals surface area contributed by atoms with Gasteiger partial charge in [0.15, 0.2) is 5.71 Å². The summed E-state index contributed by atoms with van der Waals surface area (Å²) in [7, 11) is 0. The average molecular weight is 238 g/mol. The molecule has 1 rings (SSSR count). The van der Waals surface area contributed by atoms with Crippen molar-refractivity contribution in [2.75, 3.05) is 13.1 Å². The highest BCUT2D eigenvalue weighted by Crippen LogP contribution is 2.11. The third-order valence-electron chi connectivity index (χ3n) is 4.03. The highest BCUT2D eigenvalue weighted by Gasteiger charge is 2.19. The number of hydrogen-bond acceptors (Lipinski definition) is 0. The molecule has 0 atom stereocenters. The highest BCUT2D eigenvalue weighted by atomic mass is 15.0. The minimum Gasteiger partial charge on any atom is -0.237 e. The summed E-state index contributed by atoms with van der Waals surface area (Å²) < 4.78 is 2.65. The van der Waals surface area contributed by atoms with Gasteiger partial charge in [-0.3, -0.25) is 0 Å². The summed E-state index contributed by atoms with van der Waals surface area (Å²) in [5, 5.41) is 0. The monoisotopic (exact) mass is 238 g/mol. The molecule has 0 saturated carbocycles. The SMILES string of the molecule is CCCCCCCCCC[N+]1=C(CC)CCC1. The lowest BCUT2D eigenvalue weighted by Crippen LogP contribution is -2.16. The topological polar surface area (TPSA) is 3.01 Å². The highest BCUT2D eigenvalue weighted by molar-refractivity contribution is 5.80. The van der Waals surface area contributed by atoms with E-state index in [1.807, 2.05) is 0 Å². The smallest absolute Gasteiger partial charge is 0.152 e. The van der Waals surface area contributed by atoms with Crippen molar-refractivity contribution in [2.24, 2.45) is 0 Å². The van der Waals surface area contributed by atoms with Crippen molar-refractivity contribution >= 4 is 5.71 Å². The lowest BCUT2D eigenvalue weighted by Gasteiger charge is -2.02. The predicted molar refractivity (Wildman–Crippen MR) is 77.1 cm³/mol. The van der Waals surface area contributed by atoms with Gasteiger partial charge in [0.05, 0.1) is 0 Å². The Morgan fingerprint density at radius 3 is 2.18 bits per heavy atom. The molecule has 0 aromatic heterocycles. The number of nitrogens with zero attached hydrogens (tertiary/aromatic N) is 1. The van der Waals surface area contributed by atoms with E-state index in [1.165, 1.54) is 83.7 Å². The van der Waals surface area contributed by atoms with E-state index in [1.54, 1.807) is 5.71 Å². The van der Waals surface area contributed by atoms with Crippen LogP contribution in [-0.4, -0.2) is 23.4 Å². The van der Waals surface area contributed by atoms with Gasteiger partial charge in [-0.2, -0.15) is 0 Å². The van der Waals surface area contributed by atoms with Gasteiger partial charge in [-0.05, 0) is 6.42 Å². The molecular weight excluding hydrogens is 206 g/mol. The van der Waals surface area contributed by atoms with E-state index >= 15 is 0 Å². The van der Waals surface area contributed by atoms with Crippen molar-refractivity contribution in [1.29, 1.82) is 0 Å². The molecule has 0 saturated heterocycles. The van der Waals surface area contributed by atoms with Gasteiger partial charge >= 0.3 is 0 Å². The molecule has 17 heavy (non-hydrogen) atoms. The van der Waals surface area contributed by atoms with E-state index in [4.69, 9.17) is 0 Å². The van der Waals surface area contributed by atoms with E-state index < -0.39 is 0 Å². The van der Waals surface area contributed by atoms with Gasteiger partial charge in [0.2, 0.25) is 0 Å². The Balaban J connectivity index is 1.94. The molecule has 0 fully saturated rings. The standard InChI is InChI=1S/C16H32N/c1-3-5-6-7-8-9-10-11-14-17-15-12-13-16(17)4-2/h3-15H2,1-2H3/q+1. The number of hydrogen-bond donors (Lipinski definition) is 0. The molecule has 0 unspecified atom stereocenters. The van der Waals surface area contributed by atoms with Crippen LogP contribution in [0.4, 0.5) is 0 Å². The van der Waals surface area contributed by atoms with Crippen molar-refractivity contribution in [3.63, 3.8) is 0 Å². The Morgan fingerprint density at radius 1 is 0.882 bits per heavy atom. The molecule has 1 aliphatic rings. The summed E-state index contributed by atoms with van der Waals surface area (Å²) in [6.07, 6.45) is 15.5. The van der Waals surface area contributed by atoms with E-state index in [0.717, 1.165) is 0 Å². The zero-order valence-electron chi connectivity index (χ0n) is 12.1. The lowest BCUT2D eigenvalue weighted by atomic mass is 10.1. The second kappa shape index (κ2) is 9.67. The molecule has 0 radical (unpaired) electrons. The molecule has 0 aliphatic carbocycles. The second-order valence-corrected chi connectivity index (χ2v) is 5.49. The van der Waals surface area contributed by atoms with Crippen LogP contribution in [0.25, 0.3) is 0 Å². The molecule has 100 valence electrons. The summed E-state index contributed by atoms with van der Waals surface area (Å²) in [4.78, 5) is 0. The quantitative estimate of drug-likeness (QED) is 0.380. The van der Waals surface area contributed by atoms with Gasteiger partial charge in [-0.25, -0.2) is 4.58 Å². The number of unbranched alkanes of at least 4 members (excludes halogenated alkanes) is 7. The van der Waals surface area contributed by atoms with Crippen molar-refractivity contribution in [3.05, 3.63) is 0 Å². The first-order chi connectivity index (χ1) is 8.38. The summed E-state index contributed by atoms with van der Waals surface area (Å²) >= 11 is 0. The lowest BCUT2D eigenvalue weighted by molar-refractivity contribution is -0.521. The molecular formula is C16H32N+. The first kappa shape index (κ1) is 14.7. The van der Waals surface area contributed by atoms with Gasteiger partial charge in [-0.1, -0.05) is 52.4 Å². The van der Waals surface area contributed by atoms with Crippen molar-refractivity contribution in [1.82, 2.24) is 0 Å². The Labute approximate surface area is 108 Å². The Kier molecular flexibility index (Phi) is 8.38. The van der Waals surface area contributed by atoms with Gasteiger partial charge in [0.1, 0.15) is 13.1 Å². The first-order valence-electron chi connectivity index (χ1n) is 7.98. The summed E-state index contributed by atoms with van der Waals surface area (Å²) in [6.45, 7) is 7.26.